The lowest BCUT2D eigenvalue weighted by Gasteiger charge is -2.21. The molecule has 31 heavy (non-hydrogen) atoms. The maximum absolute atomic E-state index is 13.1. The van der Waals surface area contributed by atoms with Gasteiger partial charge in [-0.3, -0.25) is 9.59 Å². The number of halogens is 2. The minimum atomic E-state index is -0.217. The number of benzene rings is 2. The Labute approximate surface area is 190 Å². The molecular formula is C23H22Cl2N2O4. The zero-order valence-corrected chi connectivity index (χ0v) is 18.3. The number of hydrogen-bond acceptors (Lipinski definition) is 4. The molecule has 1 N–H and O–H groups in total. The molecule has 1 aliphatic rings. The van der Waals surface area contributed by atoms with Gasteiger partial charge in [0.2, 0.25) is 0 Å². The topological polar surface area (TPSA) is 71.8 Å². The lowest BCUT2D eigenvalue weighted by Crippen LogP contribution is -2.33. The summed E-state index contributed by atoms with van der Waals surface area (Å²) in [4.78, 5) is 27.4. The van der Waals surface area contributed by atoms with Gasteiger partial charge in [-0.1, -0.05) is 23.2 Å². The molecule has 0 radical (unpaired) electrons. The van der Waals surface area contributed by atoms with Gasteiger partial charge in [0.15, 0.2) is 5.76 Å². The van der Waals surface area contributed by atoms with Gasteiger partial charge in [0.05, 0.1) is 12.2 Å². The SMILES string of the molecule is O=C1NCCCCN(C(=O)c2cc3cc(Cl)ccc3o2)CCCOc2ccc(Cl)cc21. The smallest absolute Gasteiger partial charge is 0.289 e. The second-order valence-corrected chi connectivity index (χ2v) is 8.26. The van der Waals surface area contributed by atoms with Crippen molar-refractivity contribution >= 4 is 46.0 Å². The molecule has 8 heteroatoms. The highest BCUT2D eigenvalue weighted by Gasteiger charge is 2.21. The molecule has 0 spiro atoms. The summed E-state index contributed by atoms with van der Waals surface area (Å²) in [5.41, 5.74) is 1.04. The summed E-state index contributed by atoms with van der Waals surface area (Å²) >= 11 is 12.1. The highest BCUT2D eigenvalue weighted by Crippen LogP contribution is 2.25. The van der Waals surface area contributed by atoms with Crippen molar-refractivity contribution in [3.05, 3.63) is 63.8 Å². The van der Waals surface area contributed by atoms with Crippen molar-refractivity contribution in [1.82, 2.24) is 10.2 Å². The number of rotatable bonds is 1. The van der Waals surface area contributed by atoms with Crippen molar-refractivity contribution in [2.45, 2.75) is 19.3 Å². The predicted molar refractivity (Wildman–Crippen MR) is 120 cm³/mol. The monoisotopic (exact) mass is 460 g/mol. The Balaban J connectivity index is 1.49. The van der Waals surface area contributed by atoms with Gasteiger partial charge in [0, 0.05) is 35.1 Å². The van der Waals surface area contributed by atoms with Crippen LogP contribution >= 0.6 is 23.2 Å². The Hall–Kier alpha value is -2.70. The van der Waals surface area contributed by atoms with E-state index in [9.17, 15) is 9.59 Å². The largest absolute Gasteiger partial charge is 0.493 e. The minimum absolute atomic E-state index is 0.168. The number of ether oxygens (including phenoxy) is 1. The molecule has 0 fully saturated rings. The zero-order chi connectivity index (χ0) is 21.8. The van der Waals surface area contributed by atoms with Gasteiger partial charge in [-0.2, -0.15) is 0 Å². The van der Waals surface area contributed by atoms with Crippen molar-refractivity contribution in [3.63, 3.8) is 0 Å². The normalized spacial score (nSPS) is 15.8. The summed E-state index contributed by atoms with van der Waals surface area (Å²) in [5.74, 6) is 0.382. The number of nitrogens with zero attached hydrogens (tertiary/aromatic N) is 1. The number of amides is 2. The molecule has 6 nitrogen and oxygen atoms in total. The van der Waals surface area contributed by atoms with Gasteiger partial charge in [0.1, 0.15) is 11.3 Å². The number of nitrogens with one attached hydrogen (secondary N) is 1. The van der Waals surface area contributed by atoms with E-state index < -0.39 is 0 Å². The van der Waals surface area contributed by atoms with Crippen LogP contribution in [0.5, 0.6) is 5.75 Å². The van der Waals surface area contributed by atoms with E-state index in [1.165, 1.54) is 0 Å². The molecule has 3 aromatic rings. The number of fused-ring (bicyclic) bond motifs is 2. The fraction of sp³-hybridized carbons (Fsp3) is 0.304. The van der Waals surface area contributed by atoms with Crippen LogP contribution in [0.3, 0.4) is 0 Å². The van der Waals surface area contributed by atoms with Crippen LogP contribution in [0.25, 0.3) is 11.0 Å². The molecule has 0 aliphatic carbocycles. The Kier molecular flexibility index (Phi) is 6.68. The number of furan rings is 1. The molecule has 2 heterocycles. The van der Waals surface area contributed by atoms with Crippen LogP contribution < -0.4 is 10.1 Å². The quantitative estimate of drug-likeness (QED) is 0.543. The summed E-state index contributed by atoms with van der Waals surface area (Å²) in [6, 6.07) is 12.0. The minimum Gasteiger partial charge on any atom is -0.493 e. The second-order valence-electron chi connectivity index (χ2n) is 7.39. The molecule has 0 bridgehead atoms. The molecule has 0 unspecified atom stereocenters. The average molecular weight is 461 g/mol. The third-order valence-corrected chi connectivity index (χ3v) is 5.60. The van der Waals surface area contributed by atoms with Crippen LogP contribution in [0.15, 0.2) is 46.9 Å². The molecule has 0 saturated carbocycles. The van der Waals surface area contributed by atoms with E-state index in [1.807, 2.05) is 0 Å². The predicted octanol–water partition coefficient (Wildman–Crippen LogP) is 5.17. The van der Waals surface area contributed by atoms with E-state index in [0.717, 1.165) is 18.2 Å². The van der Waals surface area contributed by atoms with Gasteiger partial charge in [0.25, 0.3) is 11.8 Å². The summed E-state index contributed by atoms with van der Waals surface area (Å²) in [5, 5.41) is 4.76. The van der Waals surface area contributed by atoms with Crippen molar-refractivity contribution < 1.29 is 18.7 Å². The molecule has 0 atom stereocenters. The highest BCUT2D eigenvalue weighted by molar-refractivity contribution is 6.31. The fourth-order valence-corrected chi connectivity index (χ4v) is 3.91. The summed E-state index contributed by atoms with van der Waals surface area (Å²) in [6.45, 7) is 1.93. The van der Waals surface area contributed by atoms with Crippen molar-refractivity contribution in [2.24, 2.45) is 0 Å². The molecular weight excluding hydrogens is 439 g/mol. The zero-order valence-electron chi connectivity index (χ0n) is 16.8. The van der Waals surface area contributed by atoms with Gasteiger partial charge < -0.3 is 19.4 Å². The Morgan fingerprint density at radius 2 is 1.74 bits per heavy atom. The van der Waals surface area contributed by atoms with Crippen LogP contribution in [-0.4, -0.2) is 43.0 Å². The number of carbonyl (C=O) groups excluding carboxylic acids is 2. The van der Waals surface area contributed by atoms with Crippen LogP contribution in [-0.2, 0) is 0 Å². The first kappa shape index (κ1) is 21.5. The molecule has 2 amide bonds. The number of hydrogen-bond donors (Lipinski definition) is 1. The van der Waals surface area contributed by atoms with E-state index in [2.05, 4.69) is 5.32 Å². The molecule has 2 aromatic carbocycles. The van der Waals surface area contributed by atoms with Crippen molar-refractivity contribution in [2.75, 3.05) is 26.2 Å². The summed E-state index contributed by atoms with van der Waals surface area (Å²) < 4.78 is 11.6. The van der Waals surface area contributed by atoms with E-state index >= 15 is 0 Å². The molecule has 4 rings (SSSR count). The third kappa shape index (κ3) is 5.14. The molecule has 1 aromatic heterocycles. The van der Waals surface area contributed by atoms with E-state index in [1.54, 1.807) is 47.4 Å². The second kappa shape index (κ2) is 9.62. The summed E-state index contributed by atoms with van der Waals surface area (Å²) in [6.07, 6.45) is 2.10. The van der Waals surface area contributed by atoms with E-state index in [0.29, 0.717) is 59.6 Å². The first-order valence-corrected chi connectivity index (χ1v) is 11.0. The van der Waals surface area contributed by atoms with E-state index in [-0.39, 0.29) is 17.6 Å². The van der Waals surface area contributed by atoms with Crippen molar-refractivity contribution in [1.29, 1.82) is 0 Å². The first-order valence-electron chi connectivity index (χ1n) is 10.2. The van der Waals surface area contributed by atoms with Crippen LogP contribution in [0.2, 0.25) is 10.0 Å². The molecule has 1 aliphatic heterocycles. The number of carbonyl (C=O) groups is 2. The highest BCUT2D eigenvalue weighted by atomic mass is 35.5. The lowest BCUT2D eigenvalue weighted by molar-refractivity contribution is 0.0714. The van der Waals surface area contributed by atoms with Gasteiger partial charge in [-0.05, 0) is 61.7 Å². The van der Waals surface area contributed by atoms with Gasteiger partial charge >= 0.3 is 0 Å². The molecule has 162 valence electrons. The van der Waals surface area contributed by atoms with Crippen LogP contribution in [0, 0.1) is 0 Å². The maximum Gasteiger partial charge on any atom is 0.289 e. The average Bonchev–Trinajstić information content (AvgIpc) is 3.18. The Morgan fingerprint density at radius 1 is 0.968 bits per heavy atom. The lowest BCUT2D eigenvalue weighted by atomic mass is 10.2. The van der Waals surface area contributed by atoms with Crippen LogP contribution in [0.1, 0.15) is 40.2 Å². The summed E-state index contributed by atoms with van der Waals surface area (Å²) in [7, 11) is 0. The Bertz CT molecular complexity index is 1110. The van der Waals surface area contributed by atoms with Gasteiger partial charge in [-0.25, -0.2) is 0 Å². The van der Waals surface area contributed by atoms with Crippen LogP contribution in [0.4, 0.5) is 0 Å². The van der Waals surface area contributed by atoms with Gasteiger partial charge in [-0.15, -0.1) is 0 Å². The standard InChI is InChI=1S/C23H22Cl2N2O4/c24-16-4-6-19-15(12-16)13-21(31-19)23(29)27-9-2-1-8-26-22(28)18-14-17(25)5-7-20(18)30-11-3-10-27/h4-7,12-14H,1-3,8-11H2,(H,26,28). The fourth-order valence-electron chi connectivity index (χ4n) is 3.56. The van der Waals surface area contributed by atoms with E-state index in [4.69, 9.17) is 32.4 Å². The first-order chi connectivity index (χ1) is 15.0. The molecule has 0 saturated heterocycles. The van der Waals surface area contributed by atoms with Crippen molar-refractivity contribution in [3.8, 4) is 5.75 Å². The maximum atomic E-state index is 13.1. The third-order valence-electron chi connectivity index (χ3n) is 5.13. The Morgan fingerprint density at radius 3 is 2.61 bits per heavy atom.